The second-order valence-corrected chi connectivity index (χ2v) is 6.49. The number of nitrogens with zero attached hydrogens (tertiary/aromatic N) is 1. The molecule has 5 heteroatoms. The molecule has 5 nitrogen and oxygen atoms in total. The van der Waals surface area contributed by atoms with Gasteiger partial charge in [-0.15, -0.1) is 0 Å². The van der Waals surface area contributed by atoms with Crippen molar-refractivity contribution in [3.8, 4) is 0 Å². The van der Waals surface area contributed by atoms with E-state index in [0.717, 1.165) is 42.9 Å². The van der Waals surface area contributed by atoms with E-state index in [1.807, 2.05) is 18.2 Å². The van der Waals surface area contributed by atoms with E-state index in [0.29, 0.717) is 18.0 Å². The molecule has 1 saturated heterocycles. The van der Waals surface area contributed by atoms with E-state index in [1.54, 1.807) is 18.2 Å². The second kappa shape index (κ2) is 8.03. The van der Waals surface area contributed by atoms with Crippen molar-refractivity contribution in [2.45, 2.75) is 19.4 Å². The lowest BCUT2D eigenvalue weighted by Crippen LogP contribution is -2.35. The van der Waals surface area contributed by atoms with Crippen LogP contribution in [0.5, 0.6) is 0 Å². The van der Waals surface area contributed by atoms with Crippen molar-refractivity contribution in [2.24, 2.45) is 5.92 Å². The Balaban J connectivity index is 1.69. The van der Waals surface area contributed by atoms with E-state index in [4.69, 9.17) is 5.11 Å². The standard InChI is InChI=1S/C20H24N2O3/c23-14-15-8-10-22(11-9-15)19-7-2-1-6-18(19)21-13-16-4-3-5-17(12-16)20(24)25/h1-7,12,15,21,23H,8-11,13-14H2,(H,24,25). The fourth-order valence-electron chi connectivity index (χ4n) is 3.27. The Bertz CT molecular complexity index is 724. The predicted octanol–water partition coefficient (Wildman–Crippen LogP) is 3.21. The minimum Gasteiger partial charge on any atom is -0.478 e. The normalized spacial score (nSPS) is 15.2. The van der Waals surface area contributed by atoms with Gasteiger partial charge in [-0.25, -0.2) is 4.79 Å². The number of nitrogens with one attached hydrogen (secondary N) is 1. The van der Waals surface area contributed by atoms with Crippen LogP contribution in [0, 0.1) is 5.92 Å². The van der Waals surface area contributed by atoms with Gasteiger partial charge in [-0.2, -0.15) is 0 Å². The summed E-state index contributed by atoms with van der Waals surface area (Å²) in [5.41, 5.74) is 3.45. The highest BCUT2D eigenvalue weighted by atomic mass is 16.4. The molecule has 1 aliphatic rings. The van der Waals surface area contributed by atoms with Gasteiger partial charge in [0.15, 0.2) is 0 Å². The summed E-state index contributed by atoms with van der Waals surface area (Å²) in [5, 5.41) is 21.8. The number of carbonyl (C=O) groups is 1. The number of rotatable bonds is 6. The SMILES string of the molecule is O=C(O)c1cccc(CNc2ccccc2N2CCC(CO)CC2)c1. The number of para-hydroxylation sites is 2. The first-order valence-electron chi connectivity index (χ1n) is 8.68. The van der Waals surface area contributed by atoms with Crippen molar-refractivity contribution in [1.82, 2.24) is 0 Å². The molecule has 1 fully saturated rings. The van der Waals surface area contributed by atoms with E-state index in [2.05, 4.69) is 22.3 Å². The Morgan fingerprint density at radius 3 is 2.60 bits per heavy atom. The third-order valence-corrected chi connectivity index (χ3v) is 4.77. The van der Waals surface area contributed by atoms with Crippen molar-refractivity contribution >= 4 is 17.3 Å². The Morgan fingerprint density at radius 2 is 1.88 bits per heavy atom. The van der Waals surface area contributed by atoms with Crippen molar-refractivity contribution < 1.29 is 15.0 Å². The maximum absolute atomic E-state index is 11.1. The maximum Gasteiger partial charge on any atom is 0.335 e. The molecular formula is C20H24N2O3. The van der Waals surface area contributed by atoms with Gasteiger partial charge in [0, 0.05) is 26.2 Å². The molecule has 132 valence electrons. The minimum atomic E-state index is -0.908. The molecule has 1 aliphatic heterocycles. The van der Waals surface area contributed by atoms with Crippen LogP contribution in [-0.2, 0) is 6.54 Å². The molecule has 1 heterocycles. The van der Waals surface area contributed by atoms with E-state index >= 15 is 0 Å². The summed E-state index contributed by atoms with van der Waals surface area (Å²) in [6.07, 6.45) is 2.01. The van der Waals surface area contributed by atoms with E-state index < -0.39 is 5.97 Å². The van der Waals surface area contributed by atoms with Gasteiger partial charge in [0.1, 0.15) is 0 Å². The first-order valence-corrected chi connectivity index (χ1v) is 8.68. The van der Waals surface area contributed by atoms with E-state index in [-0.39, 0.29) is 6.61 Å². The smallest absolute Gasteiger partial charge is 0.335 e. The Kier molecular flexibility index (Phi) is 5.56. The van der Waals surface area contributed by atoms with Gasteiger partial charge in [0.05, 0.1) is 16.9 Å². The molecule has 0 aliphatic carbocycles. The fraction of sp³-hybridized carbons (Fsp3) is 0.350. The van der Waals surface area contributed by atoms with Crippen LogP contribution in [-0.4, -0.2) is 35.9 Å². The molecule has 0 unspecified atom stereocenters. The first-order chi connectivity index (χ1) is 12.2. The largest absolute Gasteiger partial charge is 0.478 e. The number of carboxylic acid groups (broad SMARTS) is 1. The van der Waals surface area contributed by atoms with Gasteiger partial charge in [0.25, 0.3) is 0 Å². The van der Waals surface area contributed by atoms with Crippen LogP contribution in [0.25, 0.3) is 0 Å². The number of hydrogen-bond donors (Lipinski definition) is 3. The molecule has 2 aromatic carbocycles. The Labute approximate surface area is 147 Å². The summed E-state index contributed by atoms with van der Waals surface area (Å²) in [6, 6.07) is 15.2. The Hall–Kier alpha value is -2.53. The maximum atomic E-state index is 11.1. The van der Waals surface area contributed by atoms with Crippen molar-refractivity contribution in [2.75, 3.05) is 29.9 Å². The van der Waals surface area contributed by atoms with Gasteiger partial charge >= 0.3 is 5.97 Å². The third-order valence-electron chi connectivity index (χ3n) is 4.77. The molecule has 0 radical (unpaired) electrons. The highest BCUT2D eigenvalue weighted by Gasteiger charge is 2.20. The topological polar surface area (TPSA) is 72.8 Å². The molecule has 0 spiro atoms. The second-order valence-electron chi connectivity index (χ2n) is 6.49. The highest BCUT2D eigenvalue weighted by Crippen LogP contribution is 2.30. The van der Waals surface area contributed by atoms with E-state index in [9.17, 15) is 9.90 Å². The number of benzene rings is 2. The van der Waals surface area contributed by atoms with Gasteiger partial charge in [-0.1, -0.05) is 24.3 Å². The summed E-state index contributed by atoms with van der Waals surface area (Å²) in [7, 11) is 0. The van der Waals surface area contributed by atoms with Crippen molar-refractivity contribution in [3.05, 3.63) is 59.7 Å². The zero-order valence-corrected chi connectivity index (χ0v) is 14.2. The average molecular weight is 340 g/mol. The van der Waals surface area contributed by atoms with Crippen LogP contribution < -0.4 is 10.2 Å². The summed E-state index contributed by atoms with van der Waals surface area (Å²) in [5.74, 6) is -0.496. The fourth-order valence-corrected chi connectivity index (χ4v) is 3.27. The molecule has 0 aromatic heterocycles. The monoisotopic (exact) mass is 340 g/mol. The summed E-state index contributed by atoms with van der Waals surface area (Å²) in [6.45, 7) is 2.73. The average Bonchev–Trinajstić information content (AvgIpc) is 2.67. The zero-order chi connectivity index (χ0) is 17.6. The molecule has 3 N–H and O–H groups in total. The molecule has 0 saturated carbocycles. The van der Waals surface area contributed by atoms with Crippen LogP contribution in [0.2, 0.25) is 0 Å². The molecule has 0 bridgehead atoms. The minimum absolute atomic E-state index is 0.271. The van der Waals surface area contributed by atoms with Crippen LogP contribution in [0.4, 0.5) is 11.4 Å². The number of aliphatic hydroxyl groups excluding tert-OH is 1. The lowest BCUT2D eigenvalue weighted by molar-refractivity contribution is 0.0696. The van der Waals surface area contributed by atoms with Crippen LogP contribution in [0.1, 0.15) is 28.8 Å². The number of aromatic carboxylic acids is 1. The van der Waals surface area contributed by atoms with Crippen molar-refractivity contribution in [1.29, 1.82) is 0 Å². The van der Waals surface area contributed by atoms with Gasteiger partial charge < -0.3 is 20.4 Å². The molecule has 2 aromatic rings. The number of hydrogen-bond acceptors (Lipinski definition) is 4. The molecule has 3 rings (SSSR count). The van der Waals surface area contributed by atoms with Crippen molar-refractivity contribution in [3.63, 3.8) is 0 Å². The number of anilines is 2. The number of carboxylic acids is 1. The van der Waals surface area contributed by atoms with Crippen LogP contribution >= 0.6 is 0 Å². The molecular weight excluding hydrogens is 316 g/mol. The zero-order valence-electron chi connectivity index (χ0n) is 14.2. The number of piperidine rings is 1. The quantitative estimate of drug-likeness (QED) is 0.753. The predicted molar refractivity (Wildman–Crippen MR) is 99.2 cm³/mol. The molecule has 0 amide bonds. The summed E-state index contributed by atoms with van der Waals surface area (Å²) >= 11 is 0. The van der Waals surface area contributed by atoms with Gasteiger partial charge in [-0.3, -0.25) is 0 Å². The molecule has 0 atom stereocenters. The third kappa shape index (κ3) is 4.31. The van der Waals surface area contributed by atoms with Crippen LogP contribution in [0.15, 0.2) is 48.5 Å². The van der Waals surface area contributed by atoms with Crippen LogP contribution in [0.3, 0.4) is 0 Å². The lowest BCUT2D eigenvalue weighted by Gasteiger charge is -2.34. The molecule has 25 heavy (non-hydrogen) atoms. The summed E-state index contributed by atoms with van der Waals surface area (Å²) in [4.78, 5) is 13.4. The highest BCUT2D eigenvalue weighted by molar-refractivity contribution is 5.87. The van der Waals surface area contributed by atoms with E-state index in [1.165, 1.54) is 0 Å². The lowest BCUT2D eigenvalue weighted by atomic mass is 9.97. The first kappa shape index (κ1) is 17.3. The van der Waals surface area contributed by atoms with Gasteiger partial charge in [-0.05, 0) is 48.6 Å². The summed E-state index contributed by atoms with van der Waals surface area (Å²) < 4.78 is 0. The number of aliphatic hydroxyl groups is 1. The Morgan fingerprint density at radius 1 is 1.12 bits per heavy atom. The van der Waals surface area contributed by atoms with Gasteiger partial charge in [0.2, 0.25) is 0 Å².